The molecular formula is C20H26N2O3S. The highest BCUT2D eigenvalue weighted by atomic mass is 32.2. The largest absolute Gasteiger partial charge is 0.497 e. The third kappa shape index (κ3) is 3.85. The number of hydrogen-bond acceptors (Lipinski definition) is 4. The van der Waals surface area contributed by atoms with Crippen LogP contribution in [0.15, 0.2) is 29.2 Å². The fourth-order valence-electron chi connectivity index (χ4n) is 3.99. The van der Waals surface area contributed by atoms with Crippen LogP contribution in [-0.2, 0) is 9.59 Å². The second-order valence-electron chi connectivity index (χ2n) is 7.63. The molecule has 5 nitrogen and oxygen atoms in total. The minimum atomic E-state index is -0.00160. The van der Waals surface area contributed by atoms with Crippen molar-refractivity contribution in [1.82, 2.24) is 9.80 Å². The molecule has 2 bridgehead atoms. The molecule has 0 aromatic heterocycles. The number of hydrogen-bond donors (Lipinski definition) is 0. The van der Waals surface area contributed by atoms with E-state index in [9.17, 15) is 9.59 Å². The number of piperidine rings is 1. The van der Waals surface area contributed by atoms with Crippen LogP contribution in [0.1, 0.15) is 25.7 Å². The number of nitrogens with zero attached hydrogens (tertiary/aromatic N) is 2. The van der Waals surface area contributed by atoms with Gasteiger partial charge in [0.15, 0.2) is 0 Å². The van der Waals surface area contributed by atoms with Gasteiger partial charge in [-0.05, 0) is 49.8 Å². The Bertz CT molecular complexity index is 691. The highest BCUT2D eigenvalue weighted by Gasteiger charge is 2.43. The van der Waals surface area contributed by atoms with Crippen molar-refractivity contribution in [3.05, 3.63) is 24.3 Å². The molecule has 4 aliphatic rings. The van der Waals surface area contributed by atoms with Gasteiger partial charge in [-0.2, -0.15) is 0 Å². The first-order valence-electron chi connectivity index (χ1n) is 9.49. The summed E-state index contributed by atoms with van der Waals surface area (Å²) in [6.07, 6.45) is 4.47. The Kier molecular flexibility index (Phi) is 5.11. The molecule has 1 aromatic carbocycles. The Morgan fingerprint density at radius 3 is 2.85 bits per heavy atom. The summed E-state index contributed by atoms with van der Waals surface area (Å²) in [5.41, 5.74) is 0. The molecule has 3 heterocycles. The number of benzene rings is 1. The van der Waals surface area contributed by atoms with Crippen molar-refractivity contribution in [2.45, 2.75) is 36.6 Å². The Balaban J connectivity index is 1.38. The van der Waals surface area contributed by atoms with Crippen LogP contribution in [0.3, 0.4) is 0 Å². The van der Waals surface area contributed by atoms with Crippen LogP contribution in [-0.4, -0.2) is 60.2 Å². The van der Waals surface area contributed by atoms with E-state index in [1.807, 2.05) is 29.2 Å². The van der Waals surface area contributed by atoms with Crippen molar-refractivity contribution >= 4 is 23.6 Å². The van der Waals surface area contributed by atoms with Crippen molar-refractivity contribution in [2.75, 3.05) is 32.5 Å². The number of amides is 2. The summed E-state index contributed by atoms with van der Waals surface area (Å²) < 4.78 is 5.24. The maximum atomic E-state index is 12.8. The predicted octanol–water partition coefficient (Wildman–Crippen LogP) is 2.65. The summed E-state index contributed by atoms with van der Waals surface area (Å²) >= 11 is 1.53. The zero-order valence-electron chi connectivity index (χ0n) is 15.2. The van der Waals surface area contributed by atoms with Gasteiger partial charge in [0.25, 0.3) is 0 Å². The lowest BCUT2D eigenvalue weighted by Gasteiger charge is -2.36. The number of ether oxygens (including phenoxy) is 1. The van der Waals surface area contributed by atoms with Gasteiger partial charge in [-0.3, -0.25) is 9.59 Å². The van der Waals surface area contributed by atoms with E-state index in [1.165, 1.54) is 24.6 Å². The molecule has 1 aliphatic carbocycles. The molecular weight excluding hydrogens is 348 g/mol. The van der Waals surface area contributed by atoms with E-state index in [0.29, 0.717) is 24.8 Å². The summed E-state index contributed by atoms with van der Waals surface area (Å²) in [6.45, 7) is 2.20. The van der Waals surface area contributed by atoms with Crippen LogP contribution in [0.2, 0.25) is 0 Å². The molecule has 4 fully saturated rings. The molecule has 0 N–H and O–H groups in total. The number of rotatable bonds is 6. The van der Waals surface area contributed by atoms with Crippen LogP contribution in [0.4, 0.5) is 0 Å². The molecule has 2 amide bonds. The molecule has 26 heavy (non-hydrogen) atoms. The van der Waals surface area contributed by atoms with Crippen LogP contribution in [0.25, 0.3) is 0 Å². The summed E-state index contributed by atoms with van der Waals surface area (Å²) in [6, 6.07) is 8.00. The summed E-state index contributed by atoms with van der Waals surface area (Å²) in [4.78, 5) is 30.6. The molecule has 0 unspecified atom stereocenters. The zero-order chi connectivity index (χ0) is 18.1. The summed E-state index contributed by atoms with van der Waals surface area (Å²) in [5.74, 6) is 2.32. The van der Waals surface area contributed by atoms with Gasteiger partial charge in [0, 0.05) is 30.6 Å². The SMILES string of the molecule is COc1cccc(SCC(=O)N2C[C@@H]3CC[C@H](C2)N(CC2CC2)C3=O)c1. The van der Waals surface area contributed by atoms with Gasteiger partial charge < -0.3 is 14.5 Å². The van der Waals surface area contributed by atoms with Crippen molar-refractivity contribution in [2.24, 2.45) is 11.8 Å². The van der Waals surface area contributed by atoms with Gasteiger partial charge in [0.1, 0.15) is 5.75 Å². The van der Waals surface area contributed by atoms with Gasteiger partial charge >= 0.3 is 0 Å². The number of carbonyl (C=O) groups is 2. The predicted molar refractivity (Wildman–Crippen MR) is 101 cm³/mol. The average molecular weight is 375 g/mol. The lowest BCUT2D eigenvalue weighted by Crippen LogP contribution is -2.48. The number of thioether (sulfide) groups is 1. The highest BCUT2D eigenvalue weighted by Crippen LogP contribution is 2.35. The van der Waals surface area contributed by atoms with E-state index < -0.39 is 0 Å². The topological polar surface area (TPSA) is 49.9 Å². The zero-order valence-corrected chi connectivity index (χ0v) is 16.0. The van der Waals surface area contributed by atoms with E-state index in [1.54, 1.807) is 7.11 Å². The first-order chi connectivity index (χ1) is 12.6. The molecule has 0 spiro atoms. The third-order valence-electron chi connectivity index (χ3n) is 5.70. The molecule has 3 aliphatic heterocycles. The standard InChI is InChI=1S/C20H26N2O3S/c1-25-17-3-2-4-18(9-17)26-13-19(23)21-11-15-7-8-16(12-21)22(20(15)24)10-14-5-6-14/h2-4,9,14-16H,5-8,10-13H2,1H3/t15-,16+/m0/s1. The molecule has 5 rings (SSSR count). The monoisotopic (exact) mass is 374 g/mol. The molecule has 6 heteroatoms. The second kappa shape index (κ2) is 7.51. The van der Waals surface area contributed by atoms with Crippen molar-refractivity contribution < 1.29 is 14.3 Å². The normalized spacial score (nSPS) is 25.3. The molecule has 0 radical (unpaired) electrons. The Hall–Kier alpha value is -1.69. The van der Waals surface area contributed by atoms with Crippen LogP contribution in [0.5, 0.6) is 5.75 Å². The maximum Gasteiger partial charge on any atom is 0.233 e. The smallest absolute Gasteiger partial charge is 0.233 e. The van der Waals surface area contributed by atoms with E-state index in [-0.39, 0.29) is 23.8 Å². The quantitative estimate of drug-likeness (QED) is 0.719. The van der Waals surface area contributed by atoms with Gasteiger partial charge in [0.2, 0.25) is 11.8 Å². The van der Waals surface area contributed by atoms with Crippen molar-refractivity contribution in [3.8, 4) is 5.75 Å². The van der Waals surface area contributed by atoms with Crippen molar-refractivity contribution in [1.29, 1.82) is 0 Å². The highest BCUT2D eigenvalue weighted by molar-refractivity contribution is 8.00. The van der Waals surface area contributed by atoms with E-state index in [4.69, 9.17) is 4.74 Å². The van der Waals surface area contributed by atoms with E-state index >= 15 is 0 Å². The molecule has 3 saturated heterocycles. The Morgan fingerprint density at radius 1 is 1.23 bits per heavy atom. The van der Waals surface area contributed by atoms with Gasteiger partial charge in [-0.25, -0.2) is 0 Å². The van der Waals surface area contributed by atoms with Crippen LogP contribution in [0, 0.1) is 11.8 Å². The van der Waals surface area contributed by atoms with Gasteiger partial charge in [-0.15, -0.1) is 11.8 Å². The lowest BCUT2D eigenvalue weighted by atomic mass is 9.94. The molecule has 2 atom stereocenters. The maximum absolute atomic E-state index is 12.8. The second-order valence-corrected chi connectivity index (χ2v) is 8.68. The minimum Gasteiger partial charge on any atom is -0.497 e. The number of fused-ring (bicyclic) bond motifs is 4. The van der Waals surface area contributed by atoms with Crippen LogP contribution < -0.4 is 4.74 Å². The number of carbonyl (C=O) groups excluding carboxylic acids is 2. The van der Waals surface area contributed by atoms with Crippen LogP contribution >= 0.6 is 11.8 Å². The first-order valence-corrected chi connectivity index (χ1v) is 10.5. The summed E-state index contributed by atoms with van der Waals surface area (Å²) in [7, 11) is 1.65. The molecule has 140 valence electrons. The number of methoxy groups -OCH3 is 1. The third-order valence-corrected chi connectivity index (χ3v) is 6.68. The molecule has 1 aromatic rings. The van der Waals surface area contributed by atoms with E-state index in [2.05, 4.69) is 4.90 Å². The fraction of sp³-hybridized carbons (Fsp3) is 0.600. The average Bonchev–Trinajstić information content (AvgIpc) is 3.50. The van der Waals surface area contributed by atoms with Crippen molar-refractivity contribution in [3.63, 3.8) is 0 Å². The molecule has 1 saturated carbocycles. The fourth-order valence-corrected chi connectivity index (χ4v) is 4.84. The first kappa shape index (κ1) is 17.7. The Morgan fingerprint density at radius 2 is 2.08 bits per heavy atom. The lowest BCUT2D eigenvalue weighted by molar-refractivity contribution is -0.140. The van der Waals surface area contributed by atoms with E-state index in [0.717, 1.165) is 30.0 Å². The van der Waals surface area contributed by atoms with Gasteiger partial charge in [-0.1, -0.05) is 6.07 Å². The van der Waals surface area contributed by atoms with Gasteiger partial charge in [0.05, 0.1) is 18.8 Å². The summed E-state index contributed by atoms with van der Waals surface area (Å²) in [5, 5.41) is 0. The minimum absolute atomic E-state index is 0.00160. The Labute approximate surface area is 159 Å².